The smallest absolute Gasteiger partial charge is 0.218 e. The van der Waals surface area contributed by atoms with Crippen LogP contribution in [0.3, 0.4) is 0 Å². The van der Waals surface area contributed by atoms with Crippen molar-refractivity contribution in [2.45, 2.75) is 24.8 Å². The molecule has 0 aliphatic rings. The van der Waals surface area contributed by atoms with E-state index in [1.54, 1.807) is 0 Å². The van der Waals surface area contributed by atoms with Gasteiger partial charge in [-0.15, -0.1) is 0 Å². The molecule has 0 bridgehead atoms. The molecule has 4 nitrogen and oxygen atoms in total. The Morgan fingerprint density at radius 3 is 2.00 bits per heavy atom. The van der Waals surface area contributed by atoms with E-state index in [2.05, 4.69) is 0 Å². The van der Waals surface area contributed by atoms with Crippen molar-refractivity contribution in [3.63, 3.8) is 0 Å². The molecule has 2 atom stereocenters. The van der Waals surface area contributed by atoms with Crippen LogP contribution in [-0.4, -0.2) is 17.7 Å². The van der Waals surface area contributed by atoms with Crippen LogP contribution in [0, 0.1) is 0 Å². The lowest BCUT2D eigenvalue weighted by Crippen LogP contribution is -2.37. The topological polar surface area (TPSA) is 86.2 Å². The number of carbonyl (C=O) groups is 2. The molecule has 4 N–H and O–H groups in total. The van der Waals surface area contributed by atoms with Gasteiger partial charge < -0.3 is 11.5 Å². The van der Waals surface area contributed by atoms with Crippen LogP contribution in [0.2, 0.25) is 0 Å². The molecule has 0 aliphatic heterocycles. The SMILES string of the molecule is NC(=O)CC(C(=O)[C@H](N)Cc1ccccc1)c1ccccc1. The Morgan fingerprint density at radius 2 is 1.45 bits per heavy atom. The average Bonchev–Trinajstić information content (AvgIpc) is 2.53. The Kier molecular flexibility index (Phi) is 5.44. The van der Waals surface area contributed by atoms with Crippen LogP contribution in [0.4, 0.5) is 0 Å². The van der Waals surface area contributed by atoms with Gasteiger partial charge in [-0.2, -0.15) is 0 Å². The normalized spacial score (nSPS) is 13.3. The first-order valence-corrected chi connectivity index (χ1v) is 7.24. The summed E-state index contributed by atoms with van der Waals surface area (Å²) in [5, 5.41) is 0. The van der Waals surface area contributed by atoms with Gasteiger partial charge in [-0.05, 0) is 17.5 Å². The Bertz CT molecular complexity index is 626. The number of ketones is 1. The van der Waals surface area contributed by atoms with Crippen LogP contribution in [0.5, 0.6) is 0 Å². The quantitative estimate of drug-likeness (QED) is 0.816. The van der Waals surface area contributed by atoms with Crippen LogP contribution in [-0.2, 0) is 16.0 Å². The fraction of sp³-hybridized carbons (Fsp3) is 0.222. The van der Waals surface area contributed by atoms with Gasteiger partial charge in [-0.3, -0.25) is 9.59 Å². The molecular weight excluding hydrogens is 276 g/mol. The van der Waals surface area contributed by atoms with Gasteiger partial charge >= 0.3 is 0 Å². The minimum Gasteiger partial charge on any atom is -0.370 e. The van der Waals surface area contributed by atoms with Crippen molar-refractivity contribution in [1.29, 1.82) is 0 Å². The summed E-state index contributed by atoms with van der Waals surface area (Å²) < 4.78 is 0. The monoisotopic (exact) mass is 296 g/mol. The van der Waals surface area contributed by atoms with Gasteiger partial charge in [0.15, 0.2) is 5.78 Å². The van der Waals surface area contributed by atoms with E-state index in [1.807, 2.05) is 60.7 Å². The predicted molar refractivity (Wildman–Crippen MR) is 86.1 cm³/mol. The van der Waals surface area contributed by atoms with Gasteiger partial charge in [-0.25, -0.2) is 0 Å². The van der Waals surface area contributed by atoms with Crippen molar-refractivity contribution < 1.29 is 9.59 Å². The predicted octanol–water partition coefficient (Wildman–Crippen LogP) is 1.78. The molecule has 0 fully saturated rings. The van der Waals surface area contributed by atoms with Gasteiger partial charge in [0.05, 0.1) is 12.0 Å². The third-order valence-electron chi connectivity index (χ3n) is 3.61. The minimum atomic E-state index is -0.660. The number of carbonyl (C=O) groups excluding carboxylic acids is 2. The number of primary amides is 1. The Morgan fingerprint density at radius 1 is 0.909 bits per heavy atom. The maximum atomic E-state index is 12.7. The van der Waals surface area contributed by atoms with Gasteiger partial charge in [0.1, 0.15) is 0 Å². The largest absolute Gasteiger partial charge is 0.370 e. The highest BCUT2D eigenvalue weighted by atomic mass is 16.1. The summed E-state index contributed by atoms with van der Waals surface area (Å²) in [5.41, 5.74) is 13.1. The molecule has 0 aromatic heterocycles. The summed E-state index contributed by atoms with van der Waals surface area (Å²) in [5.74, 6) is -1.25. The second-order valence-electron chi connectivity index (χ2n) is 5.33. The van der Waals surface area contributed by atoms with E-state index >= 15 is 0 Å². The molecule has 0 spiro atoms. The van der Waals surface area contributed by atoms with Crippen LogP contribution < -0.4 is 11.5 Å². The third-order valence-corrected chi connectivity index (χ3v) is 3.61. The van der Waals surface area contributed by atoms with Crippen LogP contribution in [0.1, 0.15) is 23.5 Å². The molecule has 0 aliphatic carbocycles. The van der Waals surface area contributed by atoms with E-state index in [1.165, 1.54) is 0 Å². The Balaban J connectivity index is 2.16. The van der Waals surface area contributed by atoms with Gasteiger partial charge in [0, 0.05) is 6.42 Å². The molecule has 1 amide bonds. The summed E-state index contributed by atoms with van der Waals surface area (Å²) in [4.78, 5) is 23.9. The fourth-order valence-corrected chi connectivity index (χ4v) is 2.50. The molecule has 2 rings (SSSR count). The second kappa shape index (κ2) is 7.52. The van der Waals surface area contributed by atoms with E-state index < -0.39 is 17.9 Å². The highest BCUT2D eigenvalue weighted by Gasteiger charge is 2.27. The number of benzene rings is 2. The molecule has 0 saturated heterocycles. The summed E-state index contributed by atoms with van der Waals surface area (Å²) >= 11 is 0. The van der Waals surface area contributed by atoms with Crippen molar-refractivity contribution in [1.82, 2.24) is 0 Å². The number of hydrogen-bond acceptors (Lipinski definition) is 3. The van der Waals surface area contributed by atoms with Crippen molar-refractivity contribution in [2.75, 3.05) is 0 Å². The lowest BCUT2D eigenvalue weighted by Gasteiger charge is -2.19. The molecular formula is C18H20N2O2. The standard InChI is InChI=1S/C18H20N2O2/c19-16(11-13-7-3-1-4-8-13)18(22)15(12-17(20)21)14-9-5-2-6-10-14/h1-10,15-16H,11-12,19H2,(H2,20,21)/t15?,16-/m1/s1. The van der Waals surface area contributed by atoms with Crippen molar-refractivity contribution >= 4 is 11.7 Å². The molecule has 1 unspecified atom stereocenters. The summed E-state index contributed by atoms with van der Waals surface area (Å²) in [6, 6.07) is 18.1. The molecule has 2 aromatic rings. The zero-order valence-electron chi connectivity index (χ0n) is 12.3. The number of rotatable bonds is 7. The first kappa shape index (κ1) is 15.9. The summed E-state index contributed by atoms with van der Waals surface area (Å²) in [6.07, 6.45) is 0.424. The van der Waals surface area contributed by atoms with E-state index in [0.29, 0.717) is 6.42 Å². The van der Waals surface area contributed by atoms with E-state index in [9.17, 15) is 9.59 Å². The zero-order chi connectivity index (χ0) is 15.9. The Labute approximate surface area is 130 Å². The van der Waals surface area contributed by atoms with Crippen LogP contribution in [0.25, 0.3) is 0 Å². The van der Waals surface area contributed by atoms with E-state index in [0.717, 1.165) is 11.1 Å². The molecule has 114 valence electrons. The fourth-order valence-electron chi connectivity index (χ4n) is 2.50. The maximum absolute atomic E-state index is 12.7. The number of nitrogens with two attached hydrogens (primary N) is 2. The number of Topliss-reactive ketones (excluding diaryl/α,β-unsaturated/α-hetero) is 1. The highest BCUT2D eigenvalue weighted by molar-refractivity contribution is 5.94. The zero-order valence-corrected chi connectivity index (χ0v) is 12.3. The molecule has 4 heteroatoms. The van der Waals surface area contributed by atoms with E-state index in [4.69, 9.17) is 11.5 Å². The molecule has 0 heterocycles. The summed E-state index contributed by atoms with van der Waals surface area (Å²) in [6.45, 7) is 0. The van der Waals surface area contributed by atoms with Crippen molar-refractivity contribution in [2.24, 2.45) is 11.5 Å². The molecule has 2 aromatic carbocycles. The maximum Gasteiger partial charge on any atom is 0.218 e. The van der Waals surface area contributed by atoms with Crippen molar-refractivity contribution in [3.05, 3.63) is 71.8 Å². The van der Waals surface area contributed by atoms with Gasteiger partial charge in [-0.1, -0.05) is 60.7 Å². The first-order chi connectivity index (χ1) is 10.6. The minimum absolute atomic E-state index is 0.0225. The van der Waals surface area contributed by atoms with Gasteiger partial charge in [0.2, 0.25) is 5.91 Å². The lowest BCUT2D eigenvalue weighted by atomic mass is 9.86. The van der Waals surface area contributed by atoms with Crippen LogP contribution in [0.15, 0.2) is 60.7 Å². The highest BCUT2D eigenvalue weighted by Crippen LogP contribution is 2.22. The average molecular weight is 296 g/mol. The lowest BCUT2D eigenvalue weighted by molar-refractivity contribution is -0.126. The third kappa shape index (κ3) is 4.27. The van der Waals surface area contributed by atoms with E-state index in [-0.39, 0.29) is 12.2 Å². The first-order valence-electron chi connectivity index (χ1n) is 7.24. The summed E-state index contributed by atoms with van der Waals surface area (Å²) in [7, 11) is 0. The molecule has 0 radical (unpaired) electrons. The number of hydrogen-bond donors (Lipinski definition) is 2. The number of amides is 1. The van der Waals surface area contributed by atoms with Crippen molar-refractivity contribution in [3.8, 4) is 0 Å². The van der Waals surface area contributed by atoms with Gasteiger partial charge in [0.25, 0.3) is 0 Å². The Hall–Kier alpha value is -2.46. The molecule has 0 saturated carbocycles. The molecule has 22 heavy (non-hydrogen) atoms. The second-order valence-corrected chi connectivity index (χ2v) is 5.33. The van der Waals surface area contributed by atoms with Crippen LogP contribution >= 0.6 is 0 Å².